The summed E-state index contributed by atoms with van der Waals surface area (Å²) in [5.74, 6) is 0.622. The first-order valence-corrected chi connectivity index (χ1v) is 9.76. The number of piperidine rings is 1. The molecule has 4 rings (SSSR count). The summed E-state index contributed by atoms with van der Waals surface area (Å²) in [7, 11) is -3.22. The minimum absolute atomic E-state index is 0.290. The Morgan fingerprint density at radius 1 is 0.905 bits per heavy atom. The Balaban J connectivity index is 1.42. The minimum atomic E-state index is -3.22. The molecule has 4 fully saturated rings. The van der Waals surface area contributed by atoms with E-state index in [0.29, 0.717) is 31.1 Å². The van der Waals surface area contributed by atoms with Crippen molar-refractivity contribution in [3.8, 4) is 0 Å². The molecule has 6 nitrogen and oxygen atoms in total. The number of hydrogen-bond acceptors (Lipinski definition) is 4. The standard InChI is InChI=1S/C14H26N4O2S/c19-21(20,18-10-12-1-2-13(18)9-12)17-6-3-14(11-17)16-7-4-15-5-8-16/h12-15H,1-11H2. The molecule has 3 aliphatic heterocycles. The average Bonchev–Trinajstić information content (AvgIpc) is 3.24. The van der Waals surface area contributed by atoms with E-state index in [-0.39, 0.29) is 0 Å². The molecule has 0 amide bonds. The first kappa shape index (κ1) is 14.4. The van der Waals surface area contributed by atoms with Crippen molar-refractivity contribution in [1.29, 1.82) is 0 Å². The first-order valence-electron chi connectivity index (χ1n) is 8.36. The summed E-state index contributed by atoms with van der Waals surface area (Å²) in [5, 5.41) is 3.36. The Kier molecular flexibility index (Phi) is 3.74. The fourth-order valence-electron chi connectivity index (χ4n) is 4.58. The third-order valence-corrected chi connectivity index (χ3v) is 7.80. The molecule has 120 valence electrons. The maximum Gasteiger partial charge on any atom is 0.282 e. The largest absolute Gasteiger partial charge is 0.314 e. The number of fused-ring (bicyclic) bond motifs is 2. The van der Waals surface area contributed by atoms with Crippen LogP contribution in [0.3, 0.4) is 0 Å². The Morgan fingerprint density at radius 2 is 1.71 bits per heavy atom. The third-order valence-electron chi connectivity index (χ3n) is 5.78. The van der Waals surface area contributed by atoms with Crippen LogP contribution in [0.2, 0.25) is 0 Å². The summed E-state index contributed by atoms with van der Waals surface area (Å²) in [6, 6.07) is 0.708. The Bertz CT molecular complexity index is 491. The van der Waals surface area contributed by atoms with Crippen LogP contribution in [0.25, 0.3) is 0 Å². The Morgan fingerprint density at radius 3 is 2.38 bits per heavy atom. The fourth-order valence-corrected chi connectivity index (χ4v) is 6.54. The van der Waals surface area contributed by atoms with Crippen molar-refractivity contribution in [1.82, 2.24) is 18.8 Å². The molecule has 3 saturated heterocycles. The summed E-state index contributed by atoms with van der Waals surface area (Å²) in [4.78, 5) is 2.46. The van der Waals surface area contributed by atoms with Crippen LogP contribution in [0.5, 0.6) is 0 Å². The summed E-state index contributed by atoms with van der Waals surface area (Å²) in [6.07, 6.45) is 4.37. The maximum atomic E-state index is 12.9. The molecule has 3 atom stereocenters. The predicted octanol–water partition coefficient (Wildman–Crippen LogP) is -0.305. The predicted molar refractivity (Wildman–Crippen MR) is 81.2 cm³/mol. The van der Waals surface area contributed by atoms with Gasteiger partial charge in [0, 0.05) is 57.9 Å². The number of nitrogens with zero attached hydrogens (tertiary/aromatic N) is 3. The van der Waals surface area contributed by atoms with Gasteiger partial charge in [0.05, 0.1) is 0 Å². The molecule has 0 aromatic heterocycles. The van der Waals surface area contributed by atoms with Gasteiger partial charge in [0.1, 0.15) is 0 Å². The molecule has 7 heteroatoms. The second-order valence-corrected chi connectivity index (χ2v) is 8.88. The van der Waals surface area contributed by atoms with E-state index in [4.69, 9.17) is 0 Å². The van der Waals surface area contributed by atoms with Crippen LogP contribution >= 0.6 is 0 Å². The summed E-state index contributed by atoms with van der Waals surface area (Å²) in [6.45, 7) is 6.31. The van der Waals surface area contributed by atoms with Gasteiger partial charge in [0.15, 0.2) is 0 Å². The van der Waals surface area contributed by atoms with Crippen molar-refractivity contribution < 1.29 is 8.42 Å². The van der Waals surface area contributed by atoms with Crippen molar-refractivity contribution >= 4 is 10.2 Å². The van der Waals surface area contributed by atoms with Gasteiger partial charge in [0.25, 0.3) is 10.2 Å². The lowest BCUT2D eigenvalue weighted by atomic mass is 10.1. The fraction of sp³-hybridized carbons (Fsp3) is 1.00. The van der Waals surface area contributed by atoms with Gasteiger partial charge >= 0.3 is 0 Å². The van der Waals surface area contributed by atoms with Crippen LogP contribution < -0.4 is 5.32 Å². The quantitative estimate of drug-likeness (QED) is 0.777. The van der Waals surface area contributed by atoms with Gasteiger partial charge in [-0.1, -0.05) is 0 Å². The van der Waals surface area contributed by atoms with Crippen molar-refractivity contribution in [3.05, 3.63) is 0 Å². The molecule has 1 aliphatic carbocycles. The molecule has 3 unspecified atom stereocenters. The van der Waals surface area contributed by atoms with Crippen LogP contribution in [0, 0.1) is 5.92 Å². The van der Waals surface area contributed by atoms with Crippen molar-refractivity contribution in [2.24, 2.45) is 5.92 Å². The van der Waals surface area contributed by atoms with E-state index in [1.165, 1.54) is 6.42 Å². The van der Waals surface area contributed by atoms with Crippen LogP contribution in [0.1, 0.15) is 25.7 Å². The highest BCUT2D eigenvalue weighted by molar-refractivity contribution is 7.86. The normalized spacial score (nSPS) is 39.3. The number of piperazine rings is 1. The van der Waals surface area contributed by atoms with Gasteiger partial charge in [-0.25, -0.2) is 0 Å². The highest BCUT2D eigenvalue weighted by atomic mass is 32.2. The molecule has 2 bridgehead atoms. The first-order chi connectivity index (χ1) is 10.1. The lowest BCUT2D eigenvalue weighted by molar-refractivity contribution is 0.178. The Labute approximate surface area is 127 Å². The molecule has 1 saturated carbocycles. The van der Waals surface area contributed by atoms with Crippen LogP contribution in [0.15, 0.2) is 0 Å². The van der Waals surface area contributed by atoms with Crippen LogP contribution in [0.4, 0.5) is 0 Å². The number of hydrogen-bond donors (Lipinski definition) is 1. The molecule has 0 aromatic carbocycles. The Hall–Kier alpha value is -0.210. The zero-order valence-corrected chi connectivity index (χ0v) is 13.4. The van der Waals surface area contributed by atoms with Crippen LogP contribution in [-0.2, 0) is 10.2 Å². The van der Waals surface area contributed by atoms with E-state index < -0.39 is 10.2 Å². The van der Waals surface area contributed by atoms with E-state index in [9.17, 15) is 8.42 Å². The molecular weight excluding hydrogens is 288 g/mol. The third kappa shape index (κ3) is 2.53. The molecule has 4 aliphatic rings. The zero-order valence-electron chi connectivity index (χ0n) is 12.6. The maximum absolute atomic E-state index is 12.9. The average molecular weight is 314 g/mol. The van der Waals surface area contributed by atoms with Gasteiger partial charge in [-0.15, -0.1) is 0 Å². The second kappa shape index (κ2) is 5.45. The van der Waals surface area contributed by atoms with Crippen molar-refractivity contribution in [2.45, 2.75) is 37.8 Å². The molecule has 0 aromatic rings. The van der Waals surface area contributed by atoms with Crippen molar-refractivity contribution in [2.75, 3.05) is 45.8 Å². The monoisotopic (exact) mass is 314 g/mol. The van der Waals surface area contributed by atoms with E-state index >= 15 is 0 Å². The lowest BCUT2D eigenvalue weighted by Gasteiger charge is -2.33. The van der Waals surface area contributed by atoms with E-state index in [2.05, 4.69) is 10.2 Å². The number of nitrogens with one attached hydrogen (secondary N) is 1. The minimum Gasteiger partial charge on any atom is -0.314 e. The van der Waals surface area contributed by atoms with Gasteiger partial charge in [-0.3, -0.25) is 4.90 Å². The number of rotatable bonds is 3. The molecule has 0 radical (unpaired) electrons. The molecule has 1 N–H and O–H groups in total. The van der Waals surface area contributed by atoms with Crippen molar-refractivity contribution in [3.63, 3.8) is 0 Å². The zero-order chi connectivity index (χ0) is 14.4. The smallest absolute Gasteiger partial charge is 0.282 e. The van der Waals surface area contributed by atoms with Crippen LogP contribution in [-0.4, -0.2) is 79.8 Å². The summed E-state index contributed by atoms with van der Waals surface area (Å²) >= 11 is 0. The van der Waals surface area contributed by atoms with Gasteiger partial charge in [-0.05, 0) is 31.6 Å². The molecule has 3 heterocycles. The SMILES string of the molecule is O=S(=O)(N1CCC(N2CCNCC2)C1)N1CC2CCC1C2. The van der Waals surface area contributed by atoms with E-state index in [1.54, 1.807) is 8.61 Å². The lowest BCUT2D eigenvalue weighted by Crippen LogP contribution is -2.51. The molecule has 21 heavy (non-hydrogen) atoms. The molecule has 0 spiro atoms. The van der Waals surface area contributed by atoms with Gasteiger partial charge < -0.3 is 5.32 Å². The summed E-state index contributed by atoms with van der Waals surface area (Å²) in [5.41, 5.74) is 0. The topological polar surface area (TPSA) is 55.9 Å². The second-order valence-electron chi connectivity index (χ2n) is 7.00. The van der Waals surface area contributed by atoms with E-state index in [1.807, 2.05) is 0 Å². The molecular formula is C14H26N4O2S. The van der Waals surface area contributed by atoms with Gasteiger partial charge in [-0.2, -0.15) is 17.0 Å². The van der Waals surface area contributed by atoms with E-state index in [0.717, 1.165) is 52.0 Å². The summed E-state index contributed by atoms with van der Waals surface area (Å²) < 4.78 is 29.3. The highest BCUT2D eigenvalue weighted by Crippen LogP contribution is 2.40. The highest BCUT2D eigenvalue weighted by Gasteiger charge is 2.47. The van der Waals surface area contributed by atoms with Gasteiger partial charge in [0.2, 0.25) is 0 Å².